The molecule has 0 aliphatic heterocycles. The number of amides is 1. The topological polar surface area (TPSA) is 92.5 Å². The average molecular weight is 434 g/mol. The van der Waals surface area contributed by atoms with E-state index in [1.165, 1.54) is 11.3 Å². The van der Waals surface area contributed by atoms with Crippen LogP contribution in [0.5, 0.6) is 0 Å². The van der Waals surface area contributed by atoms with E-state index in [9.17, 15) is 13.2 Å². The third kappa shape index (κ3) is 4.68. The number of aromatic nitrogens is 1. The van der Waals surface area contributed by atoms with Crippen LogP contribution in [0.1, 0.15) is 28.8 Å². The maximum atomic E-state index is 13.4. The van der Waals surface area contributed by atoms with Gasteiger partial charge in [0.25, 0.3) is 10.0 Å². The molecule has 154 valence electrons. The summed E-state index contributed by atoms with van der Waals surface area (Å²) >= 11 is 1.52. The Morgan fingerprint density at radius 1 is 1.21 bits per heavy atom. The SMILES string of the molecule is CCc1ccc(N(CC(=O)NCc2cccs2)S(=O)(=O)c2c(C)noc2C)cc1. The van der Waals surface area contributed by atoms with Gasteiger partial charge >= 0.3 is 0 Å². The van der Waals surface area contributed by atoms with E-state index < -0.39 is 15.9 Å². The Labute approximate surface area is 174 Å². The molecular weight excluding hydrogens is 410 g/mol. The van der Waals surface area contributed by atoms with Gasteiger partial charge in [0.15, 0.2) is 10.7 Å². The van der Waals surface area contributed by atoms with E-state index >= 15 is 0 Å². The minimum absolute atomic E-state index is 0.0110. The van der Waals surface area contributed by atoms with E-state index in [1.54, 1.807) is 26.0 Å². The number of carbonyl (C=O) groups excluding carboxylic acids is 1. The van der Waals surface area contributed by atoms with E-state index in [0.717, 1.165) is 21.2 Å². The molecule has 0 aliphatic rings. The van der Waals surface area contributed by atoms with Gasteiger partial charge in [0.05, 0.1) is 12.2 Å². The lowest BCUT2D eigenvalue weighted by Crippen LogP contribution is -2.41. The molecule has 2 heterocycles. The predicted octanol–water partition coefficient (Wildman–Crippen LogP) is 3.43. The molecule has 0 atom stereocenters. The van der Waals surface area contributed by atoms with Crippen molar-refractivity contribution in [2.75, 3.05) is 10.8 Å². The number of aryl methyl sites for hydroxylation is 3. The number of hydrogen-bond donors (Lipinski definition) is 1. The van der Waals surface area contributed by atoms with Crippen LogP contribution < -0.4 is 9.62 Å². The molecular formula is C20H23N3O4S2. The zero-order valence-corrected chi connectivity index (χ0v) is 18.1. The fraction of sp³-hybridized carbons (Fsp3) is 0.300. The minimum atomic E-state index is -4.04. The van der Waals surface area contributed by atoms with E-state index in [-0.39, 0.29) is 22.9 Å². The molecule has 9 heteroatoms. The highest BCUT2D eigenvalue weighted by atomic mass is 32.2. The molecule has 1 aromatic carbocycles. The van der Waals surface area contributed by atoms with Gasteiger partial charge in [-0.2, -0.15) is 0 Å². The summed E-state index contributed by atoms with van der Waals surface area (Å²) in [5.41, 5.74) is 1.75. The Morgan fingerprint density at radius 2 is 1.93 bits per heavy atom. The molecule has 1 N–H and O–H groups in total. The number of nitrogens with one attached hydrogen (secondary N) is 1. The van der Waals surface area contributed by atoms with Crippen molar-refractivity contribution in [2.45, 2.75) is 38.6 Å². The van der Waals surface area contributed by atoms with Crippen LogP contribution >= 0.6 is 11.3 Å². The number of anilines is 1. The highest BCUT2D eigenvalue weighted by molar-refractivity contribution is 7.93. The predicted molar refractivity (Wildman–Crippen MR) is 112 cm³/mol. The normalized spacial score (nSPS) is 11.4. The molecule has 0 spiro atoms. The summed E-state index contributed by atoms with van der Waals surface area (Å²) in [5.74, 6) is -0.204. The van der Waals surface area contributed by atoms with E-state index in [4.69, 9.17) is 4.52 Å². The van der Waals surface area contributed by atoms with E-state index in [1.807, 2.05) is 36.6 Å². The van der Waals surface area contributed by atoms with Crippen molar-refractivity contribution in [1.29, 1.82) is 0 Å². The largest absolute Gasteiger partial charge is 0.360 e. The molecule has 3 aromatic rings. The number of sulfonamides is 1. The molecule has 3 rings (SSSR count). The van der Waals surface area contributed by atoms with Crippen molar-refractivity contribution in [3.8, 4) is 0 Å². The summed E-state index contributed by atoms with van der Waals surface area (Å²) in [6.45, 7) is 5.14. The molecule has 0 aliphatic carbocycles. The standard InChI is InChI=1S/C20H23N3O4S2/c1-4-16-7-9-17(10-8-16)23(13-19(24)21-12-18-6-5-11-28-18)29(25,26)20-14(2)22-27-15(20)3/h5-11H,4,12-13H2,1-3H3,(H,21,24). The van der Waals surface area contributed by atoms with E-state index in [2.05, 4.69) is 10.5 Å². The van der Waals surface area contributed by atoms with Crippen molar-refractivity contribution in [1.82, 2.24) is 10.5 Å². The van der Waals surface area contributed by atoms with Crippen LogP contribution in [0.15, 0.2) is 51.2 Å². The van der Waals surface area contributed by atoms with Gasteiger partial charge in [-0.3, -0.25) is 9.10 Å². The summed E-state index contributed by atoms with van der Waals surface area (Å²) in [5, 5.41) is 8.46. The number of nitrogens with zero attached hydrogens (tertiary/aromatic N) is 2. The molecule has 0 bridgehead atoms. The molecule has 1 amide bonds. The van der Waals surface area contributed by atoms with Gasteiger partial charge in [-0.15, -0.1) is 11.3 Å². The number of hydrogen-bond acceptors (Lipinski definition) is 6. The fourth-order valence-electron chi connectivity index (χ4n) is 2.95. The first-order valence-electron chi connectivity index (χ1n) is 9.16. The summed E-state index contributed by atoms with van der Waals surface area (Å²) in [7, 11) is -4.04. The minimum Gasteiger partial charge on any atom is -0.360 e. The second-order valence-corrected chi connectivity index (χ2v) is 9.37. The lowest BCUT2D eigenvalue weighted by molar-refractivity contribution is -0.119. The zero-order valence-electron chi connectivity index (χ0n) is 16.5. The summed E-state index contributed by atoms with van der Waals surface area (Å²) in [4.78, 5) is 13.6. The number of thiophene rings is 1. The van der Waals surface area contributed by atoms with Crippen molar-refractivity contribution >= 4 is 33.0 Å². The smallest absolute Gasteiger partial charge is 0.270 e. The summed E-state index contributed by atoms with van der Waals surface area (Å²) < 4.78 is 33.0. The monoisotopic (exact) mass is 433 g/mol. The van der Waals surface area contributed by atoms with Crippen molar-refractivity contribution in [3.63, 3.8) is 0 Å². The van der Waals surface area contributed by atoms with Crippen LogP contribution in [0.2, 0.25) is 0 Å². The Bertz CT molecular complexity index is 1050. The summed E-state index contributed by atoms with van der Waals surface area (Å²) in [6, 6.07) is 10.9. The molecule has 0 radical (unpaired) electrons. The lowest BCUT2D eigenvalue weighted by Gasteiger charge is -2.24. The maximum Gasteiger partial charge on any atom is 0.270 e. The van der Waals surface area contributed by atoms with Crippen LogP contribution in [0.4, 0.5) is 5.69 Å². The van der Waals surface area contributed by atoms with Gasteiger partial charge in [0.2, 0.25) is 5.91 Å². The first-order valence-corrected chi connectivity index (χ1v) is 11.5. The highest BCUT2D eigenvalue weighted by Crippen LogP contribution is 2.28. The van der Waals surface area contributed by atoms with Crippen LogP contribution in [0.25, 0.3) is 0 Å². The number of benzene rings is 1. The molecule has 0 fully saturated rings. The first-order chi connectivity index (χ1) is 13.8. The second-order valence-electron chi connectivity index (χ2n) is 6.54. The van der Waals surface area contributed by atoms with Crippen molar-refractivity contribution in [2.24, 2.45) is 0 Å². The van der Waals surface area contributed by atoms with Gasteiger partial charge in [-0.25, -0.2) is 8.42 Å². The van der Waals surface area contributed by atoms with Gasteiger partial charge < -0.3 is 9.84 Å². The van der Waals surface area contributed by atoms with Gasteiger partial charge in [-0.05, 0) is 49.4 Å². The zero-order chi connectivity index (χ0) is 21.0. The number of carbonyl (C=O) groups is 1. The van der Waals surface area contributed by atoms with Crippen molar-refractivity contribution < 1.29 is 17.7 Å². The molecule has 29 heavy (non-hydrogen) atoms. The van der Waals surface area contributed by atoms with Crippen LogP contribution in [-0.4, -0.2) is 26.0 Å². The molecule has 0 saturated carbocycles. The second kappa shape index (κ2) is 8.79. The lowest BCUT2D eigenvalue weighted by atomic mass is 10.1. The quantitative estimate of drug-likeness (QED) is 0.588. The average Bonchev–Trinajstić information content (AvgIpc) is 3.34. The van der Waals surface area contributed by atoms with Gasteiger partial charge in [-0.1, -0.05) is 30.3 Å². The fourth-order valence-corrected chi connectivity index (χ4v) is 5.31. The molecule has 0 saturated heterocycles. The Hall–Kier alpha value is -2.65. The third-order valence-electron chi connectivity index (χ3n) is 4.48. The molecule has 0 unspecified atom stereocenters. The Kier molecular flexibility index (Phi) is 6.39. The van der Waals surface area contributed by atoms with Crippen LogP contribution in [0, 0.1) is 13.8 Å². The first kappa shape index (κ1) is 21.1. The molecule has 7 nitrogen and oxygen atoms in total. The van der Waals surface area contributed by atoms with Crippen molar-refractivity contribution in [3.05, 3.63) is 63.7 Å². The van der Waals surface area contributed by atoms with Crippen LogP contribution in [-0.2, 0) is 27.8 Å². The van der Waals surface area contributed by atoms with E-state index in [0.29, 0.717) is 12.2 Å². The Balaban J connectivity index is 1.91. The maximum absolute atomic E-state index is 13.4. The highest BCUT2D eigenvalue weighted by Gasteiger charge is 2.32. The molecule has 2 aromatic heterocycles. The summed E-state index contributed by atoms with van der Waals surface area (Å²) in [6.07, 6.45) is 0.832. The van der Waals surface area contributed by atoms with Gasteiger partial charge in [0.1, 0.15) is 12.2 Å². The third-order valence-corrected chi connectivity index (χ3v) is 7.37. The number of rotatable bonds is 8. The van der Waals surface area contributed by atoms with Gasteiger partial charge in [0, 0.05) is 4.88 Å². The Morgan fingerprint density at radius 3 is 2.48 bits per heavy atom. The van der Waals surface area contributed by atoms with Crippen LogP contribution in [0.3, 0.4) is 0 Å².